The zero-order chi connectivity index (χ0) is 25.5. The van der Waals surface area contributed by atoms with Crippen LogP contribution < -0.4 is 5.32 Å². The quantitative estimate of drug-likeness (QED) is 0.392. The number of hydrogen-bond acceptors (Lipinski definition) is 5. The van der Waals surface area contributed by atoms with Crippen molar-refractivity contribution >= 4 is 23.6 Å². The van der Waals surface area contributed by atoms with E-state index in [0.29, 0.717) is 5.92 Å². The lowest BCUT2D eigenvalue weighted by Crippen LogP contribution is -2.49. The third-order valence-corrected chi connectivity index (χ3v) is 9.81. The molecule has 37 heavy (non-hydrogen) atoms. The Morgan fingerprint density at radius 2 is 1.76 bits per heavy atom. The summed E-state index contributed by atoms with van der Waals surface area (Å²) in [4.78, 5) is 29.7. The van der Waals surface area contributed by atoms with Gasteiger partial charge in [0.1, 0.15) is 0 Å². The number of nitrogens with zero attached hydrogens (tertiary/aromatic N) is 2. The van der Waals surface area contributed by atoms with Gasteiger partial charge in [-0.3, -0.25) is 4.79 Å². The second kappa shape index (κ2) is 9.41. The predicted octanol–water partition coefficient (Wildman–Crippen LogP) is 6.62. The Morgan fingerprint density at radius 3 is 2.43 bits per heavy atom. The lowest BCUT2D eigenvalue weighted by molar-refractivity contribution is -0.132. The number of rotatable bonds is 8. The van der Waals surface area contributed by atoms with Crippen molar-refractivity contribution in [2.45, 2.75) is 101 Å². The van der Waals surface area contributed by atoms with Crippen LogP contribution in [0.15, 0.2) is 34.9 Å². The van der Waals surface area contributed by atoms with Crippen LogP contribution in [0.5, 0.6) is 0 Å². The second-order valence-electron chi connectivity index (χ2n) is 12.3. The second-order valence-corrected chi connectivity index (χ2v) is 12.3. The van der Waals surface area contributed by atoms with Crippen LogP contribution in [0.4, 0.5) is 5.69 Å². The van der Waals surface area contributed by atoms with Gasteiger partial charge in [0.05, 0.1) is 5.41 Å². The molecule has 5 aliphatic rings. The fourth-order valence-electron chi connectivity index (χ4n) is 7.39. The Hall–Kier alpha value is -2.96. The van der Waals surface area contributed by atoms with Crippen molar-refractivity contribution in [3.05, 3.63) is 47.6 Å². The molecule has 0 unspecified atom stereocenters. The molecule has 0 atom stereocenters. The fourth-order valence-corrected chi connectivity index (χ4v) is 7.39. The van der Waals surface area contributed by atoms with Crippen LogP contribution in [-0.2, 0) is 15.0 Å². The number of aliphatic carboxylic acids is 1. The van der Waals surface area contributed by atoms with E-state index in [0.717, 1.165) is 99.7 Å². The standard InChI is InChI=1S/C30H37N3O4/c34-24(35)10-7-21-5-4-6-23(19-21)31-26(36)30(11-2-1-3-12-30)20-28-13-16-29(17-14-28,18-15-28)27-32-25(33-37-27)22-8-9-22/h4-7,10,19,22H,1-3,8-9,11-18,20H2,(H,31,36)(H,34,35)/b10-7+. The predicted molar refractivity (Wildman–Crippen MR) is 140 cm³/mol. The van der Waals surface area contributed by atoms with E-state index >= 15 is 0 Å². The molecule has 0 spiro atoms. The zero-order valence-electron chi connectivity index (χ0n) is 21.5. The van der Waals surface area contributed by atoms with Crippen molar-refractivity contribution in [1.82, 2.24) is 10.1 Å². The van der Waals surface area contributed by atoms with Gasteiger partial charge in [0.25, 0.3) is 0 Å². The van der Waals surface area contributed by atoms with Crippen LogP contribution in [0.2, 0.25) is 0 Å². The minimum Gasteiger partial charge on any atom is -0.478 e. The van der Waals surface area contributed by atoms with E-state index in [1.807, 2.05) is 24.3 Å². The Bertz CT molecular complexity index is 1180. The molecule has 196 valence electrons. The monoisotopic (exact) mass is 503 g/mol. The summed E-state index contributed by atoms with van der Waals surface area (Å²) in [5.41, 5.74) is 1.40. The Morgan fingerprint density at radius 1 is 1.03 bits per heavy atom. The van der Waals surface area contributed by atoms with Crippen molar-refractivity contribution in [3.63, 3.8) is 0 Å². The number of aromatic nitrogens is 2. The van der Waals surface area contributed by atoms with Crippen LogP contribution in [-0.4, -0.2) is 27.1 Å². The topological polar surface area (TPSA) is 105 Å². The molecular formula is C30H37N3O4. The molecule has 2 bridgehead atoms. The summed E-state index contributed by atoms with van der Waals surface area (Å²) in [6, 6.07) is 7.44. The molecular weight excluding hydrogens is 466 g/mol. The summed E-state index contributed by atoms with van der Waals surface area (Å²) in [7, 11) is 0. The van der Waals surface area contributed by atoms with Crippen molar-refractivity contribution < 1.29 is 19.2 Å². The van der Waals surface area contributed by atoms with E-state index in [9.17, 15) is 9.59 Å². The van der Waals surface area contributed by atoms with Gasteiger partial charge in [-0.25, -0.2) is 4.79 Å². The smallest absolute Gasteiger partial charge is 0.328 e. The summed E-state index contributed by atoms with van der Waals surface area (Å²) < 4.78 is 5.81. The highest BCUT2D eigenvalue weighted by Crippen LogP contribution is 2.62. The summed E-state index contributed by atoms with van der Waals surface area (Å²) in [5.74, 6) is 1.44. The number of carboxylic acid groups (broad SMARTS) is 1. The first-order valence-corrected chi connectivity index (χ1v) is 14.1. The van der Waals surface area contributed by atoms with E-state index in [1.165, 1.54) is 19.3 Å². The molecule has 0 radical (unpaired) electrons. The van der Waals surface area contributed by atoms with E-state index in [-0.39, 0.29) is 22.2 Å². The first-order valence-electron chi connectivity index (χ1n) is 14.1. The molecule has 2 aromatic rings. The van der Waals surface area contributed by atoms with Crippen LogP contribution in [0.1, 0.15) is 113 Å². The van der Waals surface area contributed by atoms with Crippen LogP contribution in [0.25, 0.3) is 6.08 Å². The molecule has 1 aromatic carbocycles. The summed E-state index contributed by atoms with van der Waals surface area (Å²) in [5, 5.41) is 16.5. The Kier molecular flexibility index (Phi) is 6.20. The lowest BCUT2D eigenvalue weighted by Gasteiger charge is -2.55. The lowest BCUT2D eigenvalue weighted by atomic mass is 9.49. The maximum absolute atomic E-state index is 13.9. The van der Waals surface area contributed by atoms with Gasteiger partial charge < -0.3 is 14.9 Å². The molecule has 5 aliphatic carbocycles. The fraction of sp³-hybridized carbons (Fsp3) is 0.600. The summed E-state index contributed by atoms with van der Waals surface area (Å²) in [6.45, 7) is 0. The van der Waals surface area contributed by atoms with Gasteiger partial charge in [0.15, 0.2) is 5.82 Å². The molecule has 1 amide bonds. The molecule has 1 heterocycles. The first kappa shape index (κ1) is 24.4. The molecule has 7 rings (SSSR count). The maximum atomic E-state index is 13.9. The van der Waals surface area contributed by atoms with Crippen LogP contribution in [0.3, 0.4) is 0 Å². The number of amides is 1. The van der Waals surface area contributed by atoms with Crippen molar-refractivity contribution in [3.8, 4) is 0 Å². The zero-order valence-corrected chi connectivity index (χ0v) is 21.5. The summed E-state index contributed by atoms with van der Waals surface area (Å²) >= 11 is 0. The number of anilines is 1. The highest BCUT2D eigenvalue weighted by atomic mass is 16.5. The molecule has 0 saturated heterocycles. The number of carbonyl (C=O) groups excluding carboxylic acids is 1. The number of hydrogen-bond donors (Lipinski definition) is 2. The van der Waals surface area contributed by atoms with Crippen LogP contribution in [0, 0.1) is 10.8 Å². The van der Waals surface area contributed by atoms with Gasteiger partial charge in [-0.1, -0.05) is 36.6 Å². The number of benzene rings is 1. The normalized spacial score (nSPS) is 28.9. The third-order valence-electron chi connectivity index (χ3n) is 9.81. The SMILES string of the molecule is O=C(O)/C=C/c1cccc(NC(=O)C2(CC34CCC(c5nc(C6CC6)no5)(CC3)CC4)CCCCC2)c1. The van der Waals surface area contributed by atoms with Crippen molar-refractivity contribution in [1.29, 1.82) is 0 Å². The van der Waals surface area contributed by atoms with Gasteiger partial charge >= 0.3 is 5.97 Å². The van der Waals surface area contributed by atoms with E-state index in [2.05, 4.69) is 10.5 Å². The van der Waals surface area contributed by atoms with Crippen molar-refractivity contribution in [2.75, 3.05) is 5.32 Å². The Labute approximate surface area is 218 Å². The van der Waals surface area contributed by atoms with E-state index < -0.39 is 5.97 Å². The highest BCUT2D eigenvalue weighted by Gasteiger charge is 2.55. The van der Waals surface area contributed by atoms with Gasteiger partial charge in [0, 0.05) is 23.1 Å². The maximum Gasteiger partial charge on any atom is 0.328 e. The first-order chi connectivity index (χ1) is 17.9. The van der Waals surface area contributed by atoms with Crippen LogP contribution >= 0.6 is 0 Å². The van der Waals surface area contributed by atoms with E-state index in [1.54, 1.807) is 6.08 Å². The number of carboxylic acids is 1. The highest BCUT2D eigenvalue weighted by molar-refractivity contribution is 5.96. The number of carbonyl (C=O) groups is 2. The van der Waals surface area contributed by atoms with Gasteiger partial charge in [-0.2, -0.15) is 4.98 Å². The van der Waals surface area contributed by atoms with Gasteiger partial charge in [0.2, 0.25) is 11.8 Å². The minimum absolute atomic E-state index is 0.0355. The molecule has 2 N–H and O–H groups in total. The molecule has 7 nitrogen and oxygen atoms in total. The molecule has 0 aliphatic heterocycles. The minimum atomic E-state index is -0.985. The molecule has 1 aromatic heterocycles. The van der Waals surface area contributed by atoms with Crippen molar-refractivity contribution in [2.24, 2.45) is 10.8 Å². The molecule has 5 saturated carbocycles. The molecule has 5 fully saturated rings. The largest absolute Gasteiger partial charge is 0.478 e. The molecule has 7 heteroatoms. The number of fused-ring (bicyclic) bond motifs is 3. The summed E-state index contributed by atoms with van der Waals surface area (Å²) in [6.07, 6.45) is 17.9. The van der Waals surface area contributed by atoms with Gasteiger partial charge in [-0.05, 0) is 99.8 Å². The average molecular weight is 504 g/mol. The van der Waals surface area contributed by atoms with E-state index in [4.69, 9.17) is 14.6 Å². The van der Waals surface area contributed by atoms with Gasteiger partial charge in [-0.15, -0.1) is 0 Å². The number of nitrogens with one attached hydrogen (secondary N) is 1. The average Bonchev–Trinajstić information content (AvgIpc) is 3.65. The third kappa shape index (κ3) is 4.85. The Balaban J connectivity index is 1.17.